The summed E-state index contributed by atoms with van der Waals surface area (Å²) in [5.41, 5.74) is 2.65. The van der Waals surface area contributed by atoms with Crippen molar-refractivity contribution in [2.45, 2.75) is 12.8 Å². The van der Waals surface area contributed by atoms with Crippen LogP contribution in [0.2, 0.25) is 5.02 Å². The number of amides is 1. The van der Waals surface area contributed by atoms with Crippen molar-refractivity contribution in [2.75, 3.05) is 30.4 Å². The molecule has 1 fully saturated rings. The minimum absolute atomic E-state index is 0.0279. The fraction of sp³-hybridized carbons (Fsp3) is 0.261. The highest BCUT2D eigenvalue weighted by Crippen LogP contribution is 2.30. The van der Waals surface area contributed by atoms with E-state index in [9.17, 15) is 4.79 Å². The molecule has 0 saturated carbocycles. The second-order valence-corrected chi connectivity index (χ2v) is 9.12. The molecule has 1 aliphatic rings. The molecule has 32 heavy (non-hydrogen) atoms. The van der Waals surface area contributed by atoms with E-state index in [2.05, 4.69) is 10.2 Å². The maximum Gasteiger partial charge on any atom is 0.229 e. The maximum atomic E-state index is 12.8. The maximum absolute atomic E-state index is 12.8. The summed E-state index contributed by atoms with van der Waals surface area (Å²) in [4.78, 5) is 20.5. The zero-order valence-electron chi connectivity index (χ0n) is 17.5. The Morgan fingerprint density at radius 2 is 1.97 bits per heavy atom. The predicted octanol–water partition coefficient (Wildman–Crippen LogP) is 4.97. The van der Waals surface area contributed by atoms with Crippen LogP contribution in [0, 0.1) is 5.92 Å². The van der Waals surface area contributed by atoms with Gasteiger partial charge in [-0.2, -0.15) is 0 Å². The number of nitrogens with zero attached hydrogens (tertiary/aromatic N) is 4. The molecule has 5 rings (SSSR count). The van der Waals surface area contributed by atoms with Gasteiger partial charge in [-0.15, -0.1) is 5.10 Å². The van der Waals surface area contributed by atoms with Crippen LogP contribution in [0.1, 0.15) is 12.8 Å². The van der Waals surface area contributed by atoms with Gasteiger partial charge in [0.2, 0.25) is 16.0 Å². The van der Waals surface area contributed by atoms with E-state index >= 15 is 0 Å². The number of carbonyl (C=O) groups is 1. The van der Waals surface area contributed by atoms with Crippen molar-refractivity contribution in [1.29, 1.82) is 0 Å². The summed E-state index contributed by atoms with van der Waals surface area (Å²) >= 11 is 7.47. The minimum atomic E-state index is -0.0921. The Hall–Kier alpha value is -3.10. The first-order valence-electron chi connectivity index (χ1n) is 10.4. The van der Waals surface area contributed by atoms with E-state index in [4.69, 9.17) is 26.4 Å². The second-order valence-electron chi connectivity index (χ2n) is 7.75. The predicted molar refractivity (Wildman–Crippen MR) is 128 cm³/mol. The number of benzene rings is 2. The molecule has 1 amide bonds. The summed E-state index contributed by atoms with van der Waals surface area (Å²) in [7, 11) is 1.65. The zero-order valence-corrected chi connectivity index (χ0v) is 19.1. The number of rotatable bonds is 5. The van der Waals surface area contributed by atoms with Crippen molar-refractivity contribution < 1.29 is 9.53 Å². The molecule has 0 spiro atoms. The lowest BCUT2D eigenvalue weighted by molar-refractivity contribution is -0.120. The fourth-order valence-corrected chi connectivity index (χ4v) is 4.90. The Morgan fingerprint density at radius 3 is 2.69 bits per heavy atom. The highest BCUT2D eigenvalue weighted by atomic mass is 35.5. The smallest absolute Gasteiger partial charge is 0.229 e. The van der Waals surface area contributed by atoms with Gasteiger partial charge in [-0.3, -0.25) is 4.79 Å². The van der Waals surface area contributed by atoms with Gasteiger partial charge in [-0.25, -0.2) is 9.50 Å². The number of piperidine rings is 1. The van der Waals surface area contributed by atoms with Gasteiger partial charge in [-0.1, -0.05) is 22.9 Å². The van der Waals surface area contributed by atoms with Crippen LogP contribution in [-0.2, 0) is 4.79 Å². The molecular formula is C23H22ClN5O2S. The van der Waals surface area contributed by atoms with Crippen LogP contribution in [0.4, 0.5) is 10.8 Å². The first-order chi connectivity index (χ1) is 15.6. The fourth-order valence-electron chi connectivity index (χ4n) is 3.86. The lowest BCUT2D eigenvalue weighted by Crippen LogP contribution is -2.40. The molecule has 0 aliphatic carbocycles. The number of fused-ring (bicyclic) bond motifs is 1. The van der Waals surface area contributed by atoms with Crippen molar-refractivity contribution in [3.8, 4) is 17.0 Å². The van der Waals surface area contributed by atoms with Crippen molar-refractivity contribution in [2.24, 2.45) is 5.92 Å². The largest absolute Gasteiger partial charge is 0.497 e. The Bertz CT molecular complexity index is 1200. The summed E-state index contributed by atoms with van der Waals surface area (Å²) in [6.07, 6.45) is 3.74. The highest BCUT2D eigenvalue weighted by molar-refractivity contribution is 7.20. The quantitative estimate of drug-likeness (QED) is 0.448. The van der Waals surface area contributed by atoms with Crippen LogP contribution in [0.15, 0.2) is 54.7 Å². The third-order valence-corrected chi connectivity index (χ3v) is 6.83. The first kappa shape index (κ1) is 20.8. The van der Waals surface area contributed by atoms with Crippen molar-refractivity contribution in [3.63, 3.8) is 0 Å². The molecule has 1 atom stereocenters. The average molecular weight is 468 g/mol. The lowest BCUT2D eigenvalue weighted by atomic mass is 9.97. The van der Waals surface area contributed by atoms with Gasteiger partial charge in [0.1, 0.15) is 5.75 Å². The van der Waals surface area contributed by atoms with Crippen LogP contribution in [0.3, 0.4) is 0 Å². The van der Waals surface area contributed by atoms with Crippen molar-refractivity contribution in [3.05, 3.63) is 59.8 Å². The number of carbonyl (C=O) groups excluding carboxylic acids is 1. The summed E-state index contributed by atoms with van der Waals surface area (Å²) in [5.74, 6) is 0.751. The molecule has 2 aromatic carbocycles. The first-order valence-corrected chi connectivity index (χ1v) is 11.6. The lowest BCUT2D eigenvalue weighted by Gasteiger charge is -2.31. The molecule has 164 valence electrons. The van der Waals surface area contributed by atoms with Crippen LogP contribution in [-0.4, -0.2) is 40.7 Å². The molecule has 0 bridgehead atoms. The molecule has 0 radical (unpaired) electrons. The molecule has 1 aliphatic heterocycles. The Kier molecular flexibility index (Phi) is 5.71. The van der Waals surface area contributed by atoms with E-state index in [1.165, 1.54) is 0 Å². The normalized spacial score (nSPS) is 16.3. The Balaban J connectivity index is 1.28. The topological polar surface area (TPSA) is 71.8 Å². The molecular weight excluding hydrogens is 446 g/mol. The SMILES string of the molecule is COc1ccc(-c2cn3nc(N4CCCC(C(=O)Nc5ccc(Cl)cc5)C4)sc3n2)cc1. The van der Waals surface area contributed by atoms with Gasteiger partial charge < -0.3 is 15.0 Å². The summed E-state index contributed by atoms with van der Waals surface area (Å²) < 4.78 is 7.04. The second kappa shape index (κ2) is 8.80. The highest BCUT2D eigenvalue weighted by Gasteiger charge is 2.28. The molecule has 4 aromatic rings. The summed E-state index contributed by atoms with van der Waals surface area (Å²) in [5, 5.41) is 9.27. The van der Waals surface area contributed by atoms with Crippen LogP contribution in [0.5, 0.6) is 5.75 Å². The van der Waals surface area contributed by atoms with E-state index in [-0.39, 0.29) is 11.8 Å². The van der Waals surface area contributed by atoms with E-state index < -0.39 is 0 Å². The molecule has 7 nitrogen and oxygen atoms in total. The third kappa shape index (κ3) is 4.28. The van der Waals surface area contributed by atoms with E-state index in [1.807, 2.05) is 47.1 Å². The number of ether oxygens (including phenoxy) is 1. The summed E-state index contributed by atoms with van der Waals surface area (Å²) in [6, 6.07) is 15.0. The zero-order chi connectivity index (χ0) is 22.1. The molecule has 1 N–H and O–H groups in total. The summed E-state index contributed by atoms with van der Waals surface area (Å²) in [6.45, 7) is 1.52. The molecule has 2 aromatic heterocycles. The standard InChI is InChI=1S/C23H22ClN5O2S/c1-31-19-10-4-15(5-11-19)20-14-29-22(26-20)32-23(27-29)28-12-2-3-16(13-28)21(30)25-18-8-6-17(24)7-9-18/h4-11,14,16H,2-3,12-13H2,1H3,(H,25,30). The number of hydrogen-bond acceptors (Lipinski definition) is 6. The number of anilines is 2. The Morgan fingerprint density at radius 1 is 1.19 bits per heavy atom. The van der Waals surface area contributed by atoms with Gasteiger partial charge in [0.05, 0.1) is 24.9 Å². The third-order valence-electron chi connectivity index (χ3n) is 5.59. The van der Waals surface area contributed by atoms with Gasteiger partial charge in [0.25, 0.3) is 0 Å². The van der Waals surface area contributed by atoms with E-state index in [1.54, 1.807) is 30.6 Å². The van der Waals surface area contributed by atoms with Gasteiger partial charge in [0, 0.05) is 29.4 Å². The number of methoxy groups -OCH3 is 1. The van der Waals surface area contributed by atoms with Crippen LogP contribution >= 0.6 is 22.9 Å². The van der Waals surface area contributed by atoms with Crippen molar-refractivity contribution in [1.82, 2.24) is 14.6 Å². The van der Waals surface area contributed by atoms with E-state index in [0.717, 1.165) is 52.2 Å². The van der Waals surface area contributed by atoms with E-state index in [0.29, 0.717) is 11.6 Å². The number of imidazole rings is 1. The Labute approximate surface area is 194 Å². The number of nitrogens with one attached hydrogen (secondary N) is 1. The van der Waals surface area contributed by atoms with Gasteiger partial charge in [-0.05, 0) is 61.4 Å². The minimum Gasteiger partial charge on any atom is -0.497 e. The number of hydrogen-bond donors (Lipinski definition) is 1. The van der Waals surface area contributed by atoms with Gasteiger partial charge in [0.15, 0.2) is 0 Å². The van der Waals surface area contributed by atoms with Crippen molar-refractivity contribution >= 4 is 44.6 Å². The molecule has 9 heteroatoms. The number of halogens is 1. The van der Waals surface area contributed by atoms with Crippen LogP contribution in [0.25, 0.3) is 16.2 Å². The molecule has 1 unspecified atom stereocenters. The average Bonchev–Trinajstić information content (AvgIpc) is 3.40. The molecule has 1 saturated heterocycles. The van der Waals surface area contributed by atoms with Crippen LogP contribution < -0.4 is 15.0 Å². The number of aromatic nitrogens is 3. The molecule has 3 heterocycles. The monoisotopic (exact) mass is 467 g/mol. The van der Waals surface area contributed by atoms with Gasteiger partial charge >= 0.3 is 0 Å².